The van der Waals surface area contributed by atoms with Gasteiger partial charge in [-0.15, -0.1) is 0 Å². The van der Waals surface area contributed by atoms with Gasteiger partial charge in [0.05, 0.1) is 6.54 Å². The van der Waals surface area contributed by atoms with E-state index in [9.17, 15) is 14.4 Å². The summed E-state index contributed by atoms with van der Waals surface area (Å²) in [6.45, 7) is 1.65. The van der Waals surface area contributed by atoms with Crippen LogP contribution in [0.3, 0.4) is 0 Å². The van der Waals surface area contributed by atoms with Crippen molar-refractivity contribution in [3.05, 3.63) is 40.9 Å². The molecule has 2 N–H and O–H groups in total. The Labute approximate surface area is 133 Å². The number of rotatable bonds is 7. The van der Waals surface area contributed by atoms with Crippen molar-refractivity contribution >= 4 is 35.5 Å². The molecule has 0 saturated heterocycles. The first-order valence-corrected chi connectivity index (χ1v) is 7.03. The zero-order valence-electron chi connectivity index (χ0n) is 12.1. The summed E-state index contributed by atoms with van der Waals surface area (Å²) in [5, 5.41) is 5.36. The highest BCUT2D eigenvalue weighted by Crippen LogP contribution is 2.16. The largest absolute Gasteiger partial charge is 0.452 e. The fourth-order valence-electron chi connectivity index (χ4n) is 1.44. The van der Waals surface area contributed by atoms with Gasteiger partial charge in [-0.3, -0.25) is 9.59 Å². The van der Waals surface area contributed by atoms with Crippen LogP contribution in [-0.4, -0.2) is 37.5 Å². The second-order valence-electron chi connectivity index (χ2n) is 4.19. The average Bonchev–Trinajstić information content (AvgIpc) is 2.50. The molecule has 1 aromatic carbocycles. The summed E-state index contributed by atoms with van der Waals surface area (Å²) in [5.74, 6) is -1.53. The summed E-state index contributed by atoms with van der Waals surface area (Å²) in [6, 6.07) is 7.00. The van der Waals surface area contributed by atoms with Gasteiger partial charge in [-0.05, 0) is 24.6 Å². The molecule has 0 bridgehead atoms. The van der Waals surface area contributed by atoms with Crippen LogP contribution < -0.4 is 10.6 Å². The minimum Gasteiger partial charge on any atom is -0.452 e. The lowest BCUT2D eigenvalue weighted by molar-refractivity contribution is -0.143. The van der Waals surface area contributed by atoms with E-state index in [0.29, 0.717) is 17.1 Å². The summed E-state index contributed by atoms with van der Waals surface area (Å²) < 4.78 is 4.75. The number of benzene rings is 1. The topological polar surface area (TPSA) is 84.5 Å². The van der Waals surface area contributed by atoms with E-state index in [1.165, 1.54) is 12.2 Å². The van der Waals surface area contributed by atoms with Crippen molar-refractivity contribution in [2.45, 2.75) is 6.92 Å². The summed E-state index contributed by atoms with van der Waals surface area (Å²) in [6.07, 6.45) is 2.68. The SMILES string of the molecule is CCNC(=O)CNC(=O)COC(=O)/C=C/c1ccccc1Cl. The second-order valence-corrected chi connectivity index (χ2v) is 4.60. The van der Waals surface area contributed by atoms with Gasteiger partial charge < -0.3 is 15.4 Å². The zero-order chi connectivity index (χ0) is 16.4. The van der Waals surface area contributed by atoms with Gasteiger partial charge in [-0.2, -0.15) is 0 Å². The van der Waals surface area contributed by atoms with Crippen molar-refractivity contribution in [3.8, 4) is 0 Å². The van der Waals surface area contributed by atoms with Crippen LogP contribution in [0.5, 0.6) is 0 Å². The minimum atomic E-state index is -0.673. The molecular formula is C15H17ClN2O4. The maximum Gasteiger partial charge on any atom is 0.331 e. The van der Waals surface area contributed by atoms with Crippen LogP contribution in [-0.2, 0) is 19.1 Å². The Morgan fingerprint density at radius 2 is 1.91 bits per heavy atom. The monoisotopic (exact) mass is 324 g/mol. The van der Waals surface area contributed by atoms with Gasteiger partial charge >= 0.3 is 5.97 Å². The third-order valence-electron chi connectivity index (χ3n) is 2.47. The predicted octanol–water partition coefficient (Wildman–Crippen LogP) is 1.15. The fraction of sp³-hybridized carbons (Fsp3) is 0.267. The smallest absolute Gasteiger partial charge is 0.331 e. The third kappa shape index (κ3) is 6.90. The average molecular weight is 325 g/mol. The minimum absolute atomic E-state index is 0.153. The second kappa shape index (κ2) is 9.57. The number of halogens is 1. The van der Waals surface area contributed by atoms with Crippen LogP contribution in [0.1, 0.15) is 12.5 Å². The lowest BCUT2D eigenvalue weighted by atomic mass is 10.2. The highest BCUT2D eigenvalue weighted by molar-refractivity contribution is 6.32. The van der Waals surface area contributed by atoms with Gasteiger partial charge in [0.15, 0.2) is 6.61 Å². The number of carbonyl (C=O) groups excluding carboxylic acids is 3. The highest BCUT2D eigenvalue weighted by atomic mass is 35.5. The molecule has 1 rings (SSSR count). The number of carbonyl (C=O) groups is 3. The van der Waals surface area contributed by atoms with E-state index in [-0.39, 0.29) is 12.5 Å². The van der Waals surface area contributed by atoms with Crippen LogP contribution in [0.4, 0.5) is 0 Å². The Bertz CT molecular complexity index is 572. The van der Waals surface area contributed by atoms with Gasteiger partial charge in [0, 0.05) is 17.6 Å². The van der Waals surface area contributed by atoms with Crippen molar-refractivity contribution in [2.24, 2.45) is 0 Å². The summed E-state index contributed by atoms with van der Waals surface area (Å²) in [5.41, 5.74) is 0.668. The molecule has 0 atom stereocenters. The van der Waals surface area contributed by atoms with E-state index >= 15 is 0 Å². The molecule has 1 aromatic rings. The molecule has 2 amide bonds. The van der Waals surface area contributed by atoms with Crippen molar-refractivity contribution in [1.82, 2.24) is 10.6 Å². The predicted molar refractivity (Wildman–Crippen MR) is 83.1 cm³/mol. The van der Waals surface area contributed by atoms with E-state index in [0.717, 1.165) is 0 Å². The van der Waals surface area contributed by atoms with Gasteiger partial charge in [0.1, 0.15) is 0 Å². The summed E-state index contributed by atoms with van der Waals surface area (Å²) >= 11 is 5.93. The van der Waals surface area contributed by atoms with E-state index < -0.39 is 18.5 Å². The number of hydrogen-bond acceptors (Lipinski definition) is 4. The molecule has 22 heavy (non-hydrogen) atoms. The van der Waals surface area contributed by atoms with Crippen molar-refractivity contribution in [2.75, 3.05) is 19.7 Å². The number of nitrogens with one attached hydrogen (secondary N) is 2. The standard InChI is InChI=1S/C15H17ClN2O4/c1-2-17-13(19)9-18-14(20)10-22-15(21)8-7-11-5-3-4-6-12(11)16/h3-8H,2,9-10H2,1H3,(H,17,19)(H,18,20)/b8-7+. The van der Waals surface area contributed by atoms with E-state index in [1.807, 2.05) is 0 Å². The molecule has 0 unspecified atom stereocenters. The maximum atomic E-state index is 11.5. The van der Waals surface area contributed by atoms with E-state index in [4.69, 9.17) is 16.3 Å². The van der Waals surface area contributed by atoms with Crippen LogP contribution >= 0.6 is 11.6 Å². The first-order valence-electron chi connectivity index (χ1n) is 6.65. The van der Waals surface area contributed by atoms with E-state index in [2.05, 4.69) is 10.6 Å². The lowest BCUT2D eigenvalue weighted by Crippen LogP contribution is -2.38. The number of likely N-dealkylation sites (N-methyl/N-ethyl adjacent to an activating group) is 1. The highest BCUT2D eigenvalue weighted by Gasteiger charge is 2.07. The van der Waals surface area contributed by atoms with Crippen molar-refractivity contribution < 1.29 is 19.1 Å². The molecule has 118 valence electrons. The van der Waals surface area contributed by atoms with Gasteiger partial charge in [-0.1, -0.05) is 29.8 Å². The quantitative estimate of drug-likeness (QED) is 0.582. The molecule has 0 saturated carbocycles. The normalized spacial score (nSPS) is 10.3. The molecule has 7 heteroatoms. The Morgan fingerprint density at radius 3 is 2.59 bits per heavy atom. The van der Waals surface area contributed by atoms with Crippen LogP contribution in [0.2, 0.25) is 5.02 Å². The molecule has 0 heterocycles. The molecule has 0 aliphatic carbocycles. The van der Waals surface area contributed by atoms with Crippen LogP contribution in [0, 0.1) is 0 Å². The Hall–Kier alpha value is -2.34. The summed E-state index contributed by atoms with van der Waals surface area (Å²) in [4.78, 5) is 34.0. The first-order chi connectivity index (χ1) is 10.5. The van der Waals surface area contributed by atoms with Crippen LogP contribution in [0.25, 0.3) is 6.08 Å². The number of ether oxygens (including phenoxy) is 1. The van der Waals surface area contributed by atoms with Gasteiger partial charge in [0.2, 0.25) is 5.91 Å². The molecule has 0 fully saturated rings. The molecule has 0 aromatic heterocycles. The number of hydrogen-bond donors (Lipinski definition) is 2. The Morgan fingerprint density at radius 1 is 1.18 bits per heavy atom. The zero-order valence-corrected chi connectivity index (χ0v) is 12.9. The van der Waals surface area contributed by atoms with Gasteiger partial charge in [-0.25, -0.2) is 4.79 Å². The van der Waals surface area contributed by atoms with Crippen molar-refractivity contribution in [3.63, 3.8) is 0 Å². The number of amides is 2. The van der Waals surface area contributed by atoms with Crippen molar-refractivity contribution in [1.29, 1.82) is 0 Å². The number of esters is 1. The molecule has 0 radical (unpaired) electrons. The first kappa shape index (κ1) is 17.7. The van der Waals surface area contributed by atoms with Crippen LogP contribution in [0.15, 0.2) is 30.3 Å². The fourth-order valence-corrected chi connectivity index (χ4v) is 1.64. The molecular weight excluding hydrogens is 308 g/mol. The summed E-state index contributed by atoms with van der Waals surface area (Å²) in [7, 11) is 0. The Balaban J connectivity index is 2.32. The Kier molecular flexibility index (Phi) is 7.70. The molecule has 0 spiro atoms. The lowest BCUT2D eigenvalue weighted by Gasteiger charge is -2.05. The van der Waals surface area contributed by atoms with Gasteiger partial charge in [0.25, 0.3) is 5.91 Å². The molecule has 0 aliphatic rings. The molecule has 6 nitrogen and oxygen atoms in total. The third-order valence-corrected chi connectivity index (χ3v) is 2.81. The van der Waals surface area contributed by atoms with E-state index in [1.54, 1.807) is 31.2 Å². The molecule has 0 aliphatic heterocycles. The maximum absolute atomic E-state index is 11.5.